The molecule has 0 unspecified atom stereocenters. The van der Waals surface area contributed by atoms with Gasteiger partial charge in [-0.15, -0.1) is 0 Å². The van der Waals surface area contributed by atoms with Gasteiger partial charge in [-0.25, -0.2) is 8.42 Å². The predicted octanol–water partition coefficient (Wildman–Crippen LogP) is 2.09. The second-order valence-electron chi connectivity index (χ2n) is 7.97. The molecular formula is C24H31N3O6S. The molecule has 0 spiro atoms. The van der Waals surface area contributed by atoms with Crippen molar-refractivity contribution in [2.24, 2.45) is 0 Å². The second-order valence-corrected chi connectivity index (χ2v) is 10.2. The van der Waals surface area contributed by atoms with Gasteiger partial charge in [-0.3, -0.25) is 13.9 Å². The average molecular weight is 490 g/mol. The molecule has 10 heteroatoms. The van der Waals surface area contributed by atoms with Gasteiger partial charge in [-0.05, 0) is 44.0 Å². The second kappa shape index (κ2) is 10.8. The summed E-state index contributed by atoms with van der Waals surface area (Å²) in [7, 11) is -2.31. The fourth-order valence-corrected chi connectivity index (χ4v) is 4.72. The molecule has 1 heterocycles. The Balaban J connectivity index is 1.96. The molecule has 0 aromatic heterocycles. The molecule has 3 rings (SSSR count). The number of carbonyl (C=O) groups is 2. The van der Waals surface area contributed by atoms with E-state index in [1.54, 1.807) is 25.1 Å². The van der Waals surface area contributed by atoms with Crippen LogP contribution in [0.1, 0.15) is 25.0 Å². The lowest BCUT2D eigenvalue weighted by Crippen LogP contribution is -2.51. The van der Waals surface area contributed by atoms with Crippen LogP contribution in [0.25, 0.3) is 0 Å². The summed E-state index contributed by atoms with van der Waals surface area (Å²) < 4.78 is 38.2. The van der Waals surface area contributed by atoms with E-state index in [1.165, 1.54) is 18.9 Å². The van der Waals surface area contributed by atoms with Crippen LogP contribution in [0.2, 0.25) is 0 Å². The Labute approximate surface area is 200 Å². The molecule has 1 aliphatic rings. The van der Waals surface area contributed by atoms with E-state index in [4.69, 9.17) is 9.47 Å². The first-order chi connectivity index (χ1) is 16.2. The summed E-state index contributed by atoms with van der Waals surface area (Å²) in [5.74, 6) is -0.0950. The number of carbonyl (C=O) groups excluding carboxylic acids is 2. The maximum Gasteiger partial charge on any atom is 0.244 e. The summed E-state index contributed by atoms with van der Waals surface area (Å²) in [4.78, 5) is 27.4. The van der Waals surface area contributed by atoms with E-state index in [1.807, 2.05) is 31.2 Å². The quantitative estimate of drug-likeness (QED) is 0.578. The van der Waals surface area contributed by atoms with Gasteiger partial charge in [0, 0.05) is 19.7 Å². The first kappa shape index (κ1) is 25.4. The van der Waals surface area contributed by atoms with Crippen LogP contribution in [0.4, 0.5) is 5.69 Å². The van der Waals surface area contributed by atoms with Crippen LogP contribution < -0.4 is 19.1 Å². The molecule has 1 N–H and O–H groups in total. The lowest BCUT2D eigenvalue weighted by molar-refractivity contribution is -0.139. The standard InChI is InChI=1S/C24H31N3O6S/c1-5-34(30,31)27(20-10-11-21-22(14-20)33-13-12-32-21)16-23(28)26(18(3)24(29)25-4)15-19-9-7-6-8-17(19)2/h6-11,14,18H,5,12-13,15-16H2,1-4H3,(H,25,29)/t18-/m1/s1. The van der Waals surface area contributed by atoms with Gasteiger partial charge in [-0.2, -0.15) is 0 Å². The molecule has 0 saturated carbocycles. The van der Waals surface area contributed by atoms with Crippen molar-refractivity contribution >= 4 is 27.5 Å². The van der Waals surface area contributed by atoms with Gasteiger partial charge in [0.1, 0.15) is 25.8 Å². The number of aryl methyl sites for hydroxylation is 1. The van der Waals surface area contributed by atoms with Gasteiger partial charge in [0.15, 0.2) is 11.5 Å². The molecule has 34 heavy (non-hydrogen) atoms. The number of rotatable bonds is 9. The van der Waals surface area contributed by atoms with Crippen LogP contribution >= 0.6 is 0 Å². The SMILES string of the molecule is CCS(=O)(=O)N(CC(=O)N(Cc1ccccc1C)[C@H](C)C(=O)NC)c1ccc2c(c1)OCCO2. The molecule has 2 amide bonds. The van der Waals surface area contributed by atoms with Crippen LogP contribution in [0, 0.1) is 6.92 Å². The van der Waals surface area contributed by atoms with E-state index in [9.17, 15) is 18.0 Å². The minimum atomic E-state index is -3.81. The molecule has 0 bridgehead atoms. The van der Waals surface area contributed by atoms with Crippen molar-refractivity contribution in [1.29, 1.82) is 0 Å². The minimum absolute atomic E-state index is 0.168. The van der Waals surface area contributed by atoms with Crippen molar-refractivity contribution in [2.45, 2.75) is 33.4 Å². The van der Waals surface area contributed by atoms with Gasteiger partial charge in [0.2, 0.25) is 21.8 Å². The Kier molecular flexibility index (Phi) is 8.03. The zero-order valence-electron chi connectivity index (χ0n) is 19.9. The third-order valence-corrected chi connectivity index (χ3v) is 7.55. The summed E-state index contributed by atoms with van der Waals surface area (Å²) in [6, 6.07) is 11.5. The largest absolute Gasteiger partial charge is 0.486 e. The number of sulfonamides is 1. The molecule has 0 saturated heterocycles. The van der Waals surface area contributed by atoms with E-state index < -0.39 is 28.5 Å². The number of nitrogens with one attached hydrogen (secondary N) is 1. The monoisotopic (exact) mass is 489 g/mol. The highest BCUT2D eigenvalue weighted by Crippen LogP contribution is 2.35. The smallest absolute Gasteiger partial charge is 0.244 e. The van der Waals surface area contributed by atoms with Crippen molar-refractivity contribution < 1.29 is 27.5 Å². The first-order valence-electron chi connectivity index (χ1n) is 11.1. The minimum Gasteiger partial charge on any atom is -0.486 e. The Morgan fingerprint density at radius 1 is 1.09 bits per heavy atom. The Morgan fingerprint density at radius 3 is 2.41 bits per heavy atom. The fourth-order valence-electron chi connectivity index (χ4n) is 3.67. The van der Waals surface area contributed by atoms with Gasteiger partial charge >= 0.3 is 0 Å². The lowest BCUT2D eigenvalue weighted by Gasteiger charge is -2.32. The number of nitrogens with zero attached hydrogens (tertiary/aromatic N) is 2. The van der Waals surface area contributed by atoms with E-state index in [0.717, 1.165) is 15.4 Å². The molecule has 0 aliphatic carbocycles. The summed E-state index contributed by atoms with van der Waals surface area (Å²) in [5, 5.41) is 2.57. The summed E-state index contributed by atoms with van der Waals surface area (Å²) in [6.45, 7) is 5.54. The predicted molar refractivity (Wildman–Crippen MR) is 129 cm³/mol. The molecule has 0 radical (unpaired) electrons. The van der Waals surface area contributed by atoms with Crippen molar-refractivity contribution in [3.05, 3.63) is 53.6 Å². The average Bonchev–Trinajstić information content (AvgIpc) is 2.85. The van der Waals surface area contributed by atoms with Crippen molar-refractivity contribution in [3.8, 4) is 11.5 Å². The number of anilines is 1. The maximum atomic E-state index is 13.5. The zero-order chi connectivity index (χ0) is 24.9. The molecular weight excluding hydrogens is 458 g/mol. The topological polar surface area (TPSA) is 105 Å². The number of likely N-dealkylation sites (N-methyl/N-ethyl adjacent to an activating group) is 1. The number of ether oxygens (including phenoxy) is 2. The normalized spacial score (nSPS) is 13.6. The molecule has 2 aromatic carbocycles. The van der Waals surface area contributed by atoms with E-state index in [-0.39, 0.29) is 18.2 Å². The van der Waals surface area contributed by atoms with Gasteiger partial charge < -0.3 is 19.7 Å². The van der Waals surface area contributed by atoms with Gasteiger partial charge in [0.25, 0.3) is 0 Å². The van der Waals surface area contributed by atoms with Crippen molar-refractivity contribution in [3.63, 3.8) is 0 Å². The Morgan fingerprint density at radius 2 is 1.76 bits per heavy atom. The first-order valence-corrected chi connectivity index (χ1v) is 12.7. The van der Waals surface area contributed by atoms with Crippen LogP contribution in [0.15, 0.2) is 42.5 Å². The molecule has 184 valence electrons. The van der Waals surface area contributed by atoms with Crippen molar-refractivity contribution in [1.82, 2.24) is 10.2 Å². The van der Waals surface area contributed by atoms with Gasteiger partial charge in [0.05, 0.1) is 11.4 Å². The highest BCUT2D eigenvalue weighted by molar-refractivity contribution is 7.92. The molecule has 0 fully saturated rings. The number of hydrogen-bond donors (Lipinski definition) is 1. The van der Waals surface area contributed by atoms with E-state index in [0.29, 0.717) is 30.4 Å². The molecule has 1 aliphatic heterocycles. The Bertz CT molecular complexity index is 1150. The summed E-state index contributed by atoms with van der Waals surface area (Å²) in [5.41, 5.74) is 2.13. The Hall–Kier alpha value is -3.27. The maximum absolute atomic E-state index is 13.5. The van der Waals surface area contributed by atoms with E-state index >= 15 is 0 Å². The van der Waals surface area contributed by atoms with Crippen LogP contribution in [-0.4, -0.2) is 63.7 Å². The van der Waals surface area contributed by atoms with Crippen LogP contribution in [0.3, 0.4) is 0 Å². The van der Waals surface area contributed by atoms with Crippen LogP contribution in [0.5, 0.6) is 11.5 Å². The summed E-state index contributed by atoms with van der Waals surface area (Å²) >= 11 is 0. The molecule has 2 aromatic rings. The highest BCUT2D eigenvalue weighted by Gasteiger charge is 2.31. The summed E-state index contributed by atoms with van der Waals surface area (Å²) in [6.07, 6.45) is 0. The van der Waals surface area contributed by atoms with Crippen LogP contribution in [-0.2, 0) is 26.2 Å². The molecule has 9 nitrogen and oxygen atoms in total. The zero-order valence-corrected chi connectivity index (χ0v) is 20.7. The number of benzene rings is 2. The number of amides is 2. The number of hydrogen-bond acceptors (Lipinski definition) is 6. The lowest BCUT2D eigenvalue weighted by atomic mass is 10.1. The number of fused-ring (bicyclic) bond motifs is 1. The highest BCUT2D eigenvalue weighted by atomic mass is 32.2. The third kappa shape index (κ3) is 5.61. The fraction of sp³-hybridized carbons (Fsp3) is 0.417. The van der Waals surface area contributed by atoms with Crippen molar-refractivity contribution in [2.75, 3.05) is 36.9 Å². The third-order valence-electron chi connectivity index (χ3n) is 5.81. The molecule has 1 atom stereocenters. The van der Waals surface area contributed by atoms with E-state index in [2.05, 4.69) is 5.32 Å². The van der Waals surface area contributed by atoms with Gasteiger partial charge in [-0.1, -0.05) is 24.3 Å².